The summed E-state index contributed by atoms with van der Waals surface area (Å²) in [5.74, 6) is -0.978. The van der Waals surface area contributed by atoms with E-state index in [1.165, 1.54) is 24.3 Å². The van der Waals surface area contributed by atoms with Crippen LogP contribution < -0.4 is 4.74 Å². The third-order valence-corrected chi connectivity index (χ3v) is 1.62. The first-order chi connectivity index (χ1) is 6.63. The molecule has 74 valence electrons. The highest BCUT2D eigenvalue weighted by Crippen LogP contribution is 2.12. The van der Waals surface area contributed by atoms with Gasteiger partial charge in [0.2, 0.25) is 0 Å². The number of esters is 1. The van der Waals surface area contributed by atoms with Gasteiger partial charge in [0.15, 0.2) is 0 Å². The van der Waals surface area contributed by atoms with Crippen molar-refractivity contribution in [2.45, 2.75) is 13.3 Å². The van der Waals surface area contributed by atoms with Crippen LogP contribution in [0.2, 0.25) is 0 Å². The first-order valence-electron chi connectivity index (χ1n) is 4.17. The van der Waals surface area contributed by atoms with E-state index in [4.69, 9.17) is 9.84 Å². The van der Waals surface area contributed by atoms with Crippen molar-refractivity contribution >= 4 is 11.9 Å². The number of carbonyl (C=O) groups excluding carboxylic acids is 1. The van der Waals surface area contributed by atoms with Crippen LogP contribution in [0.5, 0.6) is 5.75 Å². The minimum absolute atomic E-state index is 0.168. The highest BCUT2D eigenvalue weighted by Gasteiger charge is 2.04. The first-order valence-corrected chi connectivity index (χ1v) is 4.17. The van der Waals surface area contributed by atoms with Gasteiger partial charge in [-0.3, -0.25) is 4.79 Å². The van der Waals surface area contributed by atoms with Crippen molar-refractivity contribution in [2.75, 3.05) is 0 Å². The molecular weight excluding hydrogens is 184 g/mol. The third-order valence-electron chi connectivity index (χ3n) is 1.62. The zero-order valence-electron chi connectivity index (χ0n) is 7.69. The summed E-state index contributed by atoms with van der Waals surface area (Å²) in [6.45, 7) is 1.69. The fraction of sp³-hybridized carbons (Fsp3) is 0.200. The standard InChI is InChI=1S/C10H10O4/c1-2-9(11)14-8-5-3-7(4-6-8)10(12)13/h3-6H,2H2,1H3,(H,12,13). The Hall–Kier alpha value is -1.84. The second-order valence-electron chi connectivity index (χ2n) is 2.66. The van der Waals surface area contributed by atoms with E-state index in [-0.39, 0.29) is 11.5 Å². The van der Waals surface area contributed by atoms with Gasteiger partial charge in [-0.2, -0.15) is 0 Å². The number of benzene rings is 1. The number of carbonyl (C=O) groups is 2. The van der Waals surface area contributed by atoms with Crippen molar-refractivity contribution in [3.05, 3.63) is 29.8 Å². The SMILES string of the molecule is CCC(=O)Oc1ccc(C(=O)O)cc1. The van der Waals surface area contributed by atoms with Crippen LogP contribution in [0.4, 0.5) is 0 Å². The molecule has 0 spiro atoms. The lowest BCUT2D eigenvalue weighted by Gasteiger charge is -2.01. The Labute approximate surface area is 81.1 Å². The molecule has 0 amide bonds. The van der Waals surface area contributed by atoms with E-state index >= 15 is 0 Å². The van der Waals surface area contributed by atoms with E-state index < -0.39 is 5.97 Å². The normalized spacial score (nSPS) is 9.50. The molecule has 0 unspecified atom stereocenters. The van der Waals surface area contributed by atoms with Gasteiger partial charge >= 0.3 is 11.9 Å². The van der Waals surface area contributed by atoms with Crippen LogP contribution in [0.25, 0.3) is 0 Å². The molecular formula is C10H10O4. The van der Waals surface area contributed by atoms with E-state index in [0.29, 0.717) is 12.2 Å². The Morgan fingerprint density at radius 3 is 2.29 bits per heavy atom. The summed E-state index contributed by atoms with van der Waals surface area (Å²) in [5, 5.41) is 8.60. The molecule has 0 fully saturated rings. The van der Waals surface area contributed by atoms with Gasteiger partial charge in [-0.25, -0.2) is 4.79 Å². The smallest absolute Gasteiger partial charge is 0.335 e. The highest BCUT2D eigenvalue weighted by atomic mass is 16.5. The Morgan fingerprint density at radius 2 is 1.86 bits per heavy atom. The lowest BCUT2D eigenvalue weighted by molar-refractivity contribution is -0.134. The fourth-order valence-electron chi connectivity index (χ4n) is 0.869. The van der Waals surface area contributed by atoms with Gasteiger partial charge in [-0.05, 0) is 24.3 Å². The summed E-state index contributed by atoms with van der Waals surface area (Å²) in [6, 6.07) is 5.69. The minimum atomic E-state index is -1.00. The summed E-state index contributed by atoms with van der Waals surface area (Å²) in [7, 11) is 0. The number of carboxylic acids is 1. The molecule has 1 aromatic rings. The predicted molar refractivity (Wildman–Crippen MR) is 49.3 cm³/mol. The predicted octanol–water partition coefficient (Wildman–Crippen LogP) is 1.70. The molecule has 4 heteroatoms. The van der Waals surface area contributed by atoms with Crippen molar-refractivity contribution < 1.29 is 19.4 Å². The van der Waals surface area contributed by atoms with E-state index in [1.807, 2.05) is 0 Å². The van der Waals surface area contributed by atoms with Gasteiger partial charge in [0, 0.05) is 6.42 Å². The topological polar surface area (TPSA) is 63.6 Å². The molecule has 1 N–H and O–H groups in total. The Kier molecular flexibility index (Phi) is 3.23. The molecule has 0 radical (unpaired) electrons. The quantitative estimate of drug-likeness (QED) is 0.587. The maximum atomic E-state index is 10.9. The molecule has 0 aliphatic heterocycles. The van der Waals surface area contributed by atoms with E-state index in [0.717, 1.165) is 0 Å². The number of carboxylic acid groups (broad SMARTS) is 1. The second kappa shape index (κ2) is 4.41. The molecule has 1 aromatic carbocycles. The van der Waals surface area contributed by atoms with Gasteiger partial charge in [-0.1, -0.05) is 6.92 Å². The maximum absolute atomic E-state index is 10.9. The fourth-order valence-corrected chi connectivity index (χ4v) is 0.869. The van der Waals surface area contributed by atoms with Crippen molar-refractivity contribution in [1.82, 2.24) is 0 Å². The van der Waals surface area contributed by atoms with Gasteiger partial charge < -0.3 is 9.84 Å². The average Bonchev–Trinajstić information content (AvgIpc) is 2.18. The van der Waals surface area contributed by atoms with Crippen molar-refractivity contribution in [1.29, 1.82) is 0 Å². The average molecular weight is 194 g/mol. The van der Waals surface area contributed by atoms with Crippen LogP contribution in [0.15, 0.2) is 24.3 Å². The number of rotatable bonds is 3. The molecule has 1 rings (SSSR count). The van der Waals surface area contributed by atoms with Crippen LogP contribution in [0.1, 0.15) is 23.7 Å². The van der Waals surface area contributed by atoms with Crippen LogP contribution in [-0.2, 0) is 4.79 Å². The number of aromatic carboxylic acids is 1. The molecule has 14 heavy (non-hydrogen) atoms. The zero-order chi connectivity index (χ0) is 10.6. The highest BCUT2D eigenvalue weighted by molar-refractivity contribution is 5.87. The summed E-state index contributed by atoms with van der Waals surface area (Å²) in [5.41, 5.74) is 0.168. The molecule has 0 saturated heterocycles. The third kappa shape index (κ3) is 2.58. The van der Waals surface area contributed by atoms with Gasteiger partial charge in [0.05, 0.1) is 5.56 Å². The number of hydrogen-bond donors (Lipinski definition) is 1. The number of hydrogen-bond acceptors (Lipinski definition) is 3. The summed E-state index contributed by atoms with van der Waals surface area (Å²) in [4.78, 5) is 21.3. The lowest BCUT2D eigenvalue weighted by Crippen LogP contribution is -2.05. The van der Waals surface area contributed by atoms with Crippen LogP contribution in [0, 0.1) is 0 Å². The minimum Gasteiger partial charge on any atom is -0.478 e. The first kappa shape index (κ1) is 10.2. The molecule has 0 aliphatic carbocycles. The van der Waals surface area contributed by atoms with Crippen LogP contribution >= 0.6 is 0 Å². The Balaban J connectivity index is 2.73. The lowest BCUT2D eigenvalue weighted by atomic mass is 10.2. The molecule has 0 aromatic heterocycles. The van der Waals surface area contributed by atoms with Crippen LogP contribution in [-0.4, -0.2) is 17.0 Å². The monoisotopic (exact) mass is 194 g/mol. The molecule has 0 aliphatic rings. The van der Waals surface area contributed by atoms with Crippen molar-refractivity contribution in [3.8, 4) is 5.75 Å². The van der Waals surface area contributed by atoms with Gasteiger partial charge in [-0.15, -0.1) is 0 Å². The van der Waals surface area contributed by atoms with E-state index in [9.17, 15) is 9.59 Å². The van der Waals surface area contributed by atoms with Gasteiger partial charge in [0.25, 0.3) is 0 Å². The molecule has 0 heterocycles. The molecule has 0 saturated carbocycles. The van der Waals surface area contributed by atoms with E-state index in [1.54, 1.807) is 6.92 Å². The van der Waals surface area contributed by atoms with Gasteiger partial charge in [0.1, 0.15) is 5.75 Å². The van der Waals surface area contributed by atoms with Crippen molar-refractivity contribution in [3.63, 3.8) is 0 Å². The second-order valence-corrected chi connectivity index (χ2v) is 2.66. The largest absolute Gasteiger partial charge is 0.478 e. The summed E-state index contributed by atoms with van der Waals surface area (Å²) >= 11 is 0. The maximum Gasteiger partial charge on any atom is 0.335 e. The summed E-state index contributed by atoms with van der Waals surface area (Å²) in [6.07, 6.45) is 0.292. The van der Waals surface area contributed by atoms with Crippen molar-refractivity contribution in [2.24, 2.45) is 0 Å². The zero-order valence-corrected chi connectivity index (χ0v) is 7.69. The number of ether oxygens (including phenoxy) is 1. The molecule has 0 bridgehead atoms. The van der Waals surface area contributed by atoms with Crippen LogP contribution in [0.3, 0.4) is 0 Å². The summed E-state index contributed by atoms with van der Waals surface area (Å²) < 4.78 is 4.87. The Morgan fingerprint density at radius 1 is 1.29 bits per heavy atom. The van der Waals surface area contributed by atoms with E-state index in [2.05, 4.69) is 0 Å². The Bertz CT molecular complexity index is 340. The molecule has 4 nitrogen and oxygen atoms in total. The molecule has 0 atom stereocenters.